The van der Waals surface area contributed by atoms with E-state index >= 15 is 0 Å². The van der Waals surface area contributed by atoms with Gasteiger partial charge >= 0.3 is 5.69 Å². The Hall–Kier alpha value is -2.22. The van der Waals surface area contributed by atoms with Gasteiger partial charge in [0.15, 0.2) is 0 Å². The molecule has 7 nitrogen and oxygen atoms in total. The molecule has 0 atom stereocenters. The van der Waals surface area contributed by atoms with Crippen molar-refractivity contribution in [2.24, 2.45) is 0 Å². The molecule has 0 unspecified atom stereocenters. The number of halogens is 1. The van der Waals surface area contributed by atoms with Crippen LogP contribution in [0.5, 0.6) is 0 Å². The van der Waals surface area contributed by atoms with Gasteiger partial charge in [0.2, 0.25) is 11.6 Å². The Kier molecular flexibility index (Phi) is 5.04. The fourth-order valence-corrected chi connectivity index (χ4v) is 2.03. The summed E-state index contributed by atoms with van der Waals surface area (Å²) < 4.78 is 0.980. The van der Waals surface area contributed by atoms with E-state index in [0.29, 0.717) is 13.1 Å². The standard InChI is InChI=1S/C13H14BrN5O2/c1-2-15-12-11(19(20)21)13(18-8-17-12)16-7-9-3-5-10(14)6-4-9/h3-6,8H,2,7H2,1H3,(H2,15,16,17,18). The number of nitrogens with one attached hydrogen (secondary N) is 2. The third kappa shape index (κ3) is 3.88. The number of anilines is 2. The molecule has 8 heteroatoms. The Morgan fingerprint density at radius 2 is 1.81 bits per heavy atom. The quantitative estimate of drug-likeness (QED) is 0.613. The molecule has 21 heavy (non-hydrogen) atoms. The van der Waals surface area contributed by atoms with Crippen LogP contribution in [0, 0.1) is 10.1 Å². The van der Waals surface area contributed by atoms with E-state index in [-0.39, 0.29) is 17.3 Å². The van der Waals surface area contributed by atoms with E-state index in [1.54, 1.807) is 0 Å². The molecule has 2 aromatic rings. The summed E-state index contributed by atoms with van der Waals surface area (Å²) in [5.41, 5.74) is 0.854. The molecule has 0 aliphatic carbocycles. The molecule has 2 rings (SSSR count). The number of nitro groups is 1. The zero-order chi connectivity index (χ0) is 15.2. The molecule has 0 aliphatic heterocycles. The first-order valence-corrected chi connectivity index (χ1v) is 7.12. The predicted octanol–water partition coefficient (Wildman–Crippen LogP) is 3.19. The van der Waals surface area contributed by atoms with Gasteiger partial charge in [0, 0.05) is 17.6 Å². The van der Waals surface area contributed by atoms with E-state index in [4.69, 9.17) is 0 Å². The van der Waals surface area contributed by atoms with Gasteiger partial charge < -0.3 is 10.6 Å². The monoisotopic (exact) mass is 351 g/mol. The third-order valence-corrected chi connectivity index (χ3v) is 3.25. The van der Waals surface area contributed by atoms with Crippen molar-refractivity contribution >= 4 is 33.3 Å². The van der Waals surface area contributed by atoms with Crippen molar-refractivity contribution in [1.29, 1.82) is 0 Å². The van der Waals surface area contributed by atoms with Gasteiger partial charge in [-0.1, -0.05) is 28.1 Å². The number of benzene rings is 1. The Morgan fingerprint density at radius 1 is 1.19 bits per heavy atom. The number of hydrogen-bond donors (Lipinski definition) is 2. The Bertz CT molecular complexity index is 633. The number of rotatable bonds is 6. The summed E-state index contributed by atoms with van der Waals surface area (Å²) >= 11 is 3.36. The van der Waals surface area contributed by atoms with Crippen LogP contribution in [0.4, 0.5) is 17.3 Å². The Morgan fingerprint density at radius 3 is 2.38 bits per heavy atom. The van der Waals surface area contributed by atoms with Gasteiger partial charge in [-0.05, 0) is 24.6 Å². The van der Waals surface area contributed by atoms with Gasteiger partial charge in [-0.15, -0.1) is 0 Å². The normalized spacial score (nSPS) is 10.2. The molecular formula is C13H14BrN5O2. The highest BCUT2D eigenvalue weighted by molar-refractivity contribution is 9.10. The van der Waals surface area contributed by atoms with Gasteiger partial charge in [-0.25, -0.2) is 9.97 Å². The van der Waals surface area contributed by atoms with E-state index in [1.165, 1.54) is 6.33 Å². The highest BCUT2D eigenvalue weighted by Crippen LogP contribution is 2.29. The van der Waals surface area contributed by atoms with Crippen LogP contribution in [0.3, 0.4) is 0 Å². The van der Waals surface area contributed by atoms with Gasteiger partial charge in [0.05, 0.1) is 4.92 Å². The van der Waals surface area contributed by atoms with E-state index in [1.807, 2.05) is 31.2 Å². The lowest BCUT2D eigenvalue weighted by Crippen LogP contribution is -2.09. The molecular weight excluding hydrogens is 338 g/mol. The topological polar surface area (TPSA) is 93.0 Å². The first-order chi connectivity index (χ1) is 10.1. The average molecular weight is 352 g/mol. The van der Waals surface area contributed by atoms with Crippen LogP contribution in [0.25, 0.3) is 0 Å². The SMILES string of the molecule is CCNc1ncnc(NCc2ccc(Br)cc2)c1[N+](=O)[O-]. The molecule has 1 aromatic heterocycles. The van der Waals surface area contributed by atoms with Crippen molar-refractivity contribution in [3.05, 3.63) is 50.7 Å². The lowest BCUT2D eigenvalue weighted by Gasteiger charge is -2.09. The maximum absolute atomic E-state index is 11.2. The third-order valence-electron chi connectivity index (χ3n) is 2.72. The highest BCUT2D eigenvalue weighted by Gasteiger charge is 2.22. The summed E-state index contributed by atoms with van der Waals surface area (Å²) in [5.74, 6) is 0.421. The second-order valence-corrected chi connectivity index (χ2v) is 5.10. The highest BCUT2D eigenvalue weighted by atomic mass is 79.9. The first-order valence-electron chi connectivity index (χ1n) is 6.33. The van der Waals surface area contributed by atoms with Crippen molar-refractivity contribution in [2.75, 3.05) is 17.2 Å². The Labute approximate surface area is 130 Å². The molecule has 0 radical (unpaired) electrons. The van der Waals surface area contributed by atoms with Crippen molar-refractivity contribution < 1.29 is 4.92 Å². The van der Waals surface area contributed by atoms with Gasteiger partial charge in [-0.3, -0.25) is 10.1 Å². The van der Waals surface area contributed by atoms with Gasteiger partial charge in [0.1, 0.15) is 6.33 Å². The van der Waals surface area contributed by atoms with Gasteiger partial charge in [0.25, 0.3) is 0 Å². The summed E-state index contributed by atoms with van der Waals surface area (Å²) in [6.07, 6.45) is 1.30. The average Bonchev–Trinajstić information content (AvgIpc) is 2.47. The zero-order valence-corrected chi connectivity index (χ0v) is 12.9. The van der Waals surface area contributed by atoms with Crippen LogP contribution >= 0.6 is 15.9 Å². The minimum absolute atomic E-state index is 0.142. The predicted molar refractivity (Wildman–Crippen MR) is 84.3 cm³/mol. The lowest BCUT2D eigenvalue weighted by molar-refractivity contribution is -0.383. The van der Waals surface area contributed by atoms with Crippen LogP contribution in [0.1, 0.15) is 12.5 Å². The molecule has 0 saturated carbocycles. The number of aromatic nitrogens is 2. The maximum Gasteiger partial charge on any atom is 0.353 e. The summed E-state index contributed by atoms with van der Waals surface area (Å²) in [6.45, 7) is 2.83. The zero-order valence-electron chi connectivity index (χ0n) is 11.3. The molecule has 0 spiro atoms. The van der Waals surface area contributed by atoms with Crippen LogP contribution in [0.15, 0.2) is 35.1 Å². The molecule has 0 amide bonds. The summed E-state index contributed by atoms with van der Waals surface area (Å²) in [4.78, 5) is 18.6. The molecule has 1 heterocycles. The lowest BCUT2D eigenvalue weighted by atomic mass is 10.2. The minimum Gasteiger partial charge on any atom is -0.364 e. The summed E-state index contributed by atoms with van der Waals surface area (Å²) in [7, 11) is 0. The molecule has 0 saturated heterocycles. The van der Waals surface area contributed by atoms with Crippen LogP contribution < -0.4 is 10.6 Å². The smallest absolute Gasteiger partial charge is 0.353 e. The summed E-state index contributed by atoms with van der Waals surface area (Å²) in [6, 6.07) is 7.68. The maximum atomic E-state index is 11.2. The van der Waals surface area contributed by atoms with Crippen molar-refractivity contribution in [1.82, 2.24) is 9.97 Å². The van der Waals surface area contributed by atoms with E-state index in [0.717, 1.165) is 10.0 Å². The molecule has 0 aliphatic rings. The fraction of sp³-hybridized carbons (Fsp3) is 0.231. The second kappa shape index (κ2) is 6.98. The molecule has 0 fully saturated rings. The molecule has 0 bridgehead atoms. The van der Waals surface area contributed by atoms with E-state index in [2.05, 4.69) is 36.5 Å². The van der Waals surface area contributed by atoms with Crippen LogP contribution in [0.2, 0.25) is 0 Å². The number of nitrogens with zero attached hydrogens (tertiary/aromatic N) is 3. The van der Waals surface area contributed by atoms with Crippen LogP contribution in [-0.2, 0) is 6.54 Å². The fourth-order valence-electron chi connectivity index (χ4n) is 1.77. The largest absolute Gasteiger partial charge is 0.364 e. The summed E-state index contributed by atoms with van der Waals surface area (Å²) in [5, 5.41) is 17.1. The minimum atomic E-state index is -0.484. The van der Waals surface area contributed by atoms with Crippen molar-refractivity contribution in [2.45, 2.75) is 13.5 Å². The van der Waals surface area contributed by atoms with E-state index < -0.39 is 4.92 Å². The van der Waals surface area contributed by atoms with E-state index in [9.17, 15) is 10.1 Å². The Balaban J connectivity index is 2.21. The second-order valence-electron chi connectivity index (χ2n) is 4.19. The first kappa shape index (κ1) is 15.2. The molecule has 1 aromatic carbocycles. The van der Waals surface area contributed by atoms with Crippen LogP contribution in [-0.4, -0.2) is 21.4 Å². The number of hydrogen-bond acceptors (Lipinski definition) is 6. The van der Waals surface area contributed by atoms with Gasteiger partial charge in [-0.2, -0.15) is 0 Å². The van der Waals surface area contributed by atoms with Crippen molar-refractivity contribution in [3.63, 3.8) is 0 Å². The molecule has 2 N–H and O–H groups in total. The molecule has 110 valence electrons. The van der Waals surface area contributed by atoms with Crippen molar-refractivity contribution in [3.8, 4) is 0 Å².